The molecule has 1 saturated carbocycles. The molecule has 1 fully saturated rings. The Morgan fingerprint density at radius 2 is 2.15 bits per heavy atom. The SMILES string of the molecule is Cc1ccc(-c2nn3c(C4CCC4)nnc3s2)c(O)c1. The lowest BCUT2D eigenvalue weighted by molar-refractivity contribution is 0.395. The Balaban J connectivity index is 1.82. The summed E-state index contributed by atoms with van der Waals surface area (Å²) in [5.41, 5.74) is 1.79. The summed E-state index contributed by atoms with van der Waals surface area (Å²) in [6.45, 7) is 1.96. The maximum atomic E-state index is 10.1. The quantitative estimate of drug-likeness (QED) is 0.786. The standard InChI is InChI=1S/C14H14N4OS/c1-8-5-6-10(11(19)7-8)13-17-18-12(9-3-2-4-9)15-16-14(18)20-13/h5-7,9,19H,2-4H2,1H3. The normalized spacial score (nSPS) is 15.7. The number of benzene rings is 1. The van der Waals surface area contributed by atoms with Gasteiger partial charge in [-0.1, -0.05) is 23.8 Å². The molecule has 3 aromatic rings. The van der Waals surface area contributed by atoms with E-state index in [1.165, 1.54) is 30.6 Å². The van der Waals surface area contributed by atoms with E-state index in [4.69, 9.17) is 0 Å². The van der Waals surface area contributed by atoms with Crippen molar-refractivity contribution in [2.45, 2.75) is 32.1 Å². The van der Waals surface area contributed by atoms with Crippen molar-refractivity contribution in [3.63, 3.8) is 0 Å². The second-order valence-corrected chi connectivity index (χ2v) is 6.26. The van der Waals surface area contributed by atoms with E-state index in [1.807, 2.05) is 23.6 Å². The van der Waals surface area contributed by atoms with E-state index >= 15 is 0 Å². The summed E-state index contributed by atoms with van der Waals surface area (Å²) in [5, 5.41) is 23.9. The van der Waals surface area contributed by atoms with Gasteiger partial charge in [0.2, 0.25) is 4.96 Å². The summed E-state index contributed by atoms with van der Waals surface area (Å²) < 4.78 is 1.84. The second-order valence-electron chi connectivity index (χ2n) is 5.31. The lowest BCUT2D eigenvalue weighted by Gasteiger charge is -2.22. The minimum atomic E-state index is 0.264. The molecule has 0 unspecified atom stereocenters. The van der Waals surface area contributed by atoms with Crippen molar-refractivity contribution in [2.24, 2.45) is 0 Å². The number of aromatic nitrogens is 4. The average molecular weight is 286 g/mol. The Morgan fingerprint density at radius 1 is 1.30 bits per heavy atom. The molecule has 4 rings (SSSR count). The van der Waals surface area contributed by atoms with Crippen molar-refractivity contribution in [3.8, 4) is 16.3 Å². The Bertz CT molecular complexity index is 788. The van der Waals surface area contributed by atoms with Crippen LogP contribution in [0.25, 0.3) is 15.5 Å². The van der Waals surface area contributed by atoms with Gasteiger partial charge < -0.3 is 5.11 Å². The summed E-state index contributed by atoms with van der Waals surface area (Å²) in [7, 11) is 0. The van der Waals surface area contributed by atoms with Crippen molar-refractivity contribution in [1.82, 2.24) is 19.8 Å². The molecule has 5 nitrogen and oxygen atoms in total. The summed E-state index contributed by atoms with van der Waals surface area (Å²) in [4.78, 5) is 0.793. The Morgan fingerprint density at radius 3 is 2.85 bits per heavy atom. The van der Waals surface area contributed by atoms with Crippen LogP contribution in [-0.4, -0.2) is 24.9 Å². The third-order valence-corrected chi connectivity index (χ3v) is 4.80. The van der Waals surface area contributed by atoms with Gasteiger partial charge in [0, 0.05) is 5.92 Å². The Labute approximate surface area is 119 Å². The lowest BCUT2D eigenvalue weighted by atomic mass is 9.85. The number of phenols is 1. The molecule has 0 bridgehead atoms. The zero-order chi connectivity index (χ0) is 13.7. The van der Waals surface area contributed by atoms with Crippen molar-refractivity contribution < 1.29 is 5.11 Å². The molecule has 0 aliphatic heterocycles. The second kappa shape index (κ2) is 4.28. The van der Waals surface area contributed by atoms with Crippen LogP contribution < -0.4 is 0 Å². The van der Waals surface area contributed by atoms with Crippen LogP contribution in [0.2, 0.25) is 0 Å². The van der Waals surface area contributed by atoms with Crippen LogP contribution in [0, 0.1) is 6.92 Å². The molecular formula is C14H14N4OS. The van der Waals surface area contributed by atoms with Crippen LogP contribution >= 0.6 is 11.3 Å². The fourth-order valence-electron chi connectivity index (χ4n) is 2.48. The zero-order valence-corrected chi connectivity index (χ0v) is 11.9. The number of rotatable bonds is 2. The van der Waals surface area contributed by atoms with Gasteiger partial charge in [-0.2, -0.15) is 9.61 Å². The highest BCUT2D eigenvalue weighted by Crippen LogP contribution is 2.37. The largest absolute Gasteiger partial charge is 0.507 e. The van der Waals surface area contributed by atoms with Crippen LogP contribution in [0.1, 0.15) is 36.6 Å². The van der Waals surface area contributed by atoms with Crippen molar-refractivity contribution in [3.05, 3.63) is 29.6 Å². The summed E-state index contributed by atoms with van der Waals surface area (Å²) >= 11 is 1.46. The van der Waals surface area contributed by atoms with Gasteiger partial charge in [-0.05, 0) is 37.5 Å². The van der Waals surface area contributed by atoms with Gasteiger partial charge in [0.05, 0.1) is 5.56 Å². The topological polar surface area (TPSA) is 63.3 Å². The van der Waals surface area contributed by atoms with E-state index in [1.54, 1.807) is 6.07 Å². The minimum absolute atomic E-state index is 0.264. The van der Waals surface area contributed by atoms with Crippen molar-refractivity contribution in [2.75, 3.05) is 0 Å². The number of fused-ring (bicyclic) bond motifs is 1. The van der Waals surface area contributed by atoms with E-state index in [0.29, 0.717) is 5.92 Å². The molecule has 1 aliphatic carbocycles. The minimum Gasteiger partial charge on any atom is -0.507 e. The first-order chi connectivity index (χ1) is 9.72. The van der Waals surface area contributed by atoms with Crippen molar-refractivity contribution >= 4 is 16.3 Å². The first kappa shape index (κ1) is 11.8. The van der Waals surface area contributed by atoms with Gasteiger partial charge in [-0.3, -0.25) is 0 Å². The van der Waals surface area contributed by atoms with Crippen LogP contribution in [-0.2, 0) is 0 Å². The fraction of sp³-hybridized carbons (Fsp3) is 0.357. The van der Waals surface area contributed by atoms with E-state index in [9.17, 15) is 5.11 Å². The first-order valence-electron chi connectivity index (χ1n) is 6.74. The molecule has 0 atom stereocenters. The maximum Gasteiger partial charge on any atom is 0.234 e. The molecule has 0 saturated heterocycles. The van der Waals surface area contributed by atoms with Gasteiger partial charge in [0.25, 0.3) is 0 Å². The lowest BCUT2D eigenvalue weighted by Crippen LogP contribution is -2.12. The van der Waals surface area contributed by atoms with E-state index in [2.05, 4.69) is 15.3 Å². The fourth-order valence-corrected chi connectivity index (χ4v) is 3.36. The predicted octanol–water partition coefficient (Wildman–Crippen LogP) is 3.13. The van der Waals surface area contributed by atoms with Crippen LogP contribution in [0.15, 0.2) is 18.2 Å². The highest BCUT2D eigenvalue weighted by atomic mass is 32.1. The summed E-state index contributed by atoms with van der Waals surface area (Å²) in [6, 6.07) is 5.63. The third-order valence-electron chi connectivity index (χ3n) is 3.87. The van der Waals surface area contributed by atoms with Crippen molar-refractivity contribution in [1.29, 1.82) is 0 Å². The Kier molecular flexibility index (Phi) is 2.53. The smallest absolute Gasteiger partial charge is 0.234 e. The van der Waals surface area contributed by atoms with E-state index < -0.39 is 0 Å². The number of aromatic hydroxyl groups is 1. The van der Waals surface area contributed by atoms with Gasteiger partial charge in [-0.15, -0.1) is 10.2 Å². The molecule has 20 heavy (non-hydrogen) atoms. The zero-order valence-electron chi connectivity index (χ0n) is 11.1. The predicted molar refractivity (Wildman–Crippen MR) is 77.1 cm³/mol. The van der Waals surface area contributed by atoms with E-state index in [-0.39, 0.29) is 5.75 Å². The highest BCUT2D eigenvalue weighted by molar-refractivity contribution is 7.19. The summed E-state index contributed by atoms with van der Waals surface area (Å²) in [6.07, 6.45) is 3.60. The van der Waals surface area contributed by atoms with Crippen LogP contribution in [0.5, 0.6) is 5.75 Å². The molecule has 0 radical (unpaired) electrons. The number of nitrogens with zero attached hydrogens (tertiary/aromatic N) is 4. The number of hydrogen-bond acceptors (Lipinski definition) is 5. The number of phenolic OH excluding ortho intramolecular Hbond substituents is 1. The highest BCUT2D eigenvalue weighted by Gasteiger charge is 2.26. The first-order valence-corrected chi connectivity index (χ1v) is 7.56. The molecule has 0 spiro atoms. The van der Waals surface area contributed by atoms with Gasteiger partial charge in [0.15, 0.2) is 10.8 Å². The Hall–Kier alpha value is -1.95. The van der Waals surface area contributed by atoms with Crippen LogP contribution in [0.4, 0.5) is 0 Å². The molecule has 2 heterocycles. The molecule has 102 valence electrons. The van der Waals surface area contributed by atoms with Crippen LogP contribution in [0.3, 0.4) is 0 Å². The summed E-state index contributed by atoms with van der Waals surface area (Å²) in [5.74, 6) is 1.71. The molecule has 1 N–H and O–H groups in total. The molecule has 1 aromatic carbocycles. The molecule has 6 heteroatoms. The average Bonchev–Trinajstić information content (AvgIpc) is 2.89. The molecule has 1 aliphatic rings. The number of hydrogen-bond donors (Lipinski definition) is 1. The number of aryl methyl sites for hydroxylation is 1. The molecule has 0 amide bonds. The monoisotopic (exact) mass is 286 g/mol. The van der Waals surface area contributed by atoms with Gasteiger partial charge in [0.1, 0.15) is 5.75 Å². The van der Waals surface area contributed by atoms with E-state index in [0.717, 1.165) is 26.9 Å². The maximum absolute atomic E-state index is 10.1. The molecule has 2 aromatic heterocycles. The van der Waals surface area contributed by atoms with Gasteiger partial charge >= 0.3 is 0 Å². The van der Waals surface area contributed by atoms with Gasteiger partial charge in [-0.25, -0.2) is 0 Å². The molecular weight excluding hydrogens is 272 g/mol. The third kappa shape index (κ3) is 1.71.